The molecule has 1 unspecified atom stereocenters. The van der Waals surface area contributed by atoms with E-state index in [2.05, 4.69) is 41.1 Å². The summed E-state index contributed by atoms with van der Waals surface area (Å²) < 4.78 is 2.24. The van der Waals surface area contributed by atoms with E-state index in [1.54, 1.807) is 7.05 Å². The van der Waals surface area contributed by atoms with Gasteiger partial charge in [-0.05, 0) is 44.0 Å². The molecule has 0 spiro atoms. The molecule has 0 aliphatic rings. The van der Waals surface area contributed by atoms with E-state index in [4.69, 9.17) is 0 Å². The number of ketones is 1. The van der Waals surface area contributed by atoms with E-state index in [0.29, 0.717) is 12.1 Å². The highest BCUT2D eigenvalue weighted by Gasteiger charge is 2.19. The van der Waals surface area contributed by atoms with Crippen LogP contribution in [0.2, 0.25) is 0 Å². The van der Waals surface area contributed by atoms with Crippen molar-refractivity contribution < 1.29 is 14.5 Å². The molecule has 1 atom stereocenters. The number of likely N-dealkylation sites (N-methyl/N-ethyl adjacent to an activating group) is 1. The molecule has 5 nitrogen and oxygen atoms in total. The van der Waals surface area contributed by atoms with Crippen molar-refractivity contribution >= 4 is 11.7 Å². The van der Waals surface area contributed by atoms with Gasteiger partial charge in [-0.25, -0.2) is 0 Å². The van der Waals surface area contributed by atoms with E-state index in [1.807, 2.05) is 50.4 Å². The molecule has 1 aromatic heterocycles. The zero-order valence-electron chi connectivity index (χ0n) is 18.9. The number of nitrogens with zero attached hydrogens (tertiary/aromatic N) is 1. The molecule has 1 heterocycles. The van der Waals surface area contributed by atoms with Gasteiger partial charge in [0.1, 0.15) is 13.1 Å². The maximum absolute atomic E-state index is 13.0. The summed E-state index contributed by atoms with van der Waals surface area (Å²) in [6.45, 7) is 6.14. The number of benzene rings is 2. The van der Waals surface area contributed by atoms with E-state index >= 15 is 0 Å². The summed E-state index contributed by atoms with van der Waals surface area (Å²) in [5.74, 6) is 0.0728. The van der Waals surface area contributed by atoms with Crippen molar-refractivity contribution in [2.24, 2.45) is 0 Å². The summed E-state index contributed by atoms with van der Waals surface area (Å²) in [7, 11) is 3.65. The standard InChI is InChI=1S/C26H31N3O2/c1-19-16-24(20(2)29(19)15-14-21-8-6-5-7-9-21)25(30)18-28(4)17-22-10-12-23(13-11-22)26(31)27-3/h5-13,16H,14-15,17-18H2,1-4H3,(H,27,31)/p+1. The number of hydrogen-bond donors (Lipinski definition) is 2. The van der Waals surface area contributed by atoms with Crippen molar-refractivity contribution in [2.45, 2.75) is 33.4 Å². The molecule has 2 aromatic carbocycles. The quantitative estimate of drug-likeness (QED) is 0.525. The van der Waals surface area contributed by atoms with Crippen LogP contribution in [-0.4, -0.2) is 36.9 Å². The van der Waals surface area contributed by atoms with Crippen LogP contribution in [-0.2, 0) is 19.5 Å². The second-order valence-corrected chi connectivity index (χ2v) is 8.18. The monoisotopic (exact) mass is 418 g/mol. The highest BCUT2D eigenvalue weighted by molar-refractivity contribution is 5.98. The summed E-state index contributed by atoms with van der Waals surface area (Å²) in [6.07, 6.45) is 0.946. The van der Waals surface area contributed by atoms with Crippen LogP contribution in [0.4, 0.5) is 0 Å². The zero-order chi connectivity index (χ0) is 22.4. The zero-order valence-corrected chi connectivity index (χ0v) is 18.9. The Morgan fingerprint density at radius 2 is 1.65 bits per heavy atom. The van der Waals surface area contributed by atoms with E-state index < -0.39 is 0 Å². The maximum Gasteiger partial charge on any atom is 0.251 e. The van der Waals surface area contributed by atoms with Crippen molar-refractivity contribution in [1.82, 2.24) is 9.88 Å². The fourth-order valence-corrected chi connectivity index (χ4v) is 4.01. The molecule has 0 aliphatic heterocycles. The number of Topliss-reactive ketones (excluding diaryl/α,β-unsaturated/α-hetero) is 1. The molecular weight excluding hydrogens is 386 g/mol. The topological polar surface area (TPSA) is 55.5 Å². The number of nitrogens with one attached hydrogen (secondary N) is 2. The molecule has 0 radical (unpaired) electrons. The minimum Gasteiger partial charge on any atom is -0.355 e. The van der Waals surface area contributed by atoms with E-state index in [0.717, 1.165) is 46.9 Å². The minimum absolute atomic E-state index is 0.0925. The second-order valence-electron chi connectivity index (χ2n) is 8.18. The molecular formula is C26H32N3O2+. The van der Waals surface area contributed by atoms with Gasteiger partial charge in [0.2, 0.25) is 5.78 Å². The lowest BCUT2D eigenvalue weighted by molar-refractivity contribution is -0.884. The van der Waals surface area contributed by atoms with Gasteiger partial charge in [-0.15, -0.1) is 0 Å². The van der Waals surface area contributed by atoms with Crippen LogP contribution in [0.25, 0.3) is 0 Å². The third-order valence-electron chi connectivity index (χ3n) is 5.75. The number of rotatable bonds is 9. The molecule has 3 rings (SSSR count). The molecule has 0 aliphatic carbocycles. The Kier molecular flexibility index (Phi) is 7.42. The van der Waals surface area contributed by atoms with Crippen LogP contribution >= 0.6 is 0 Å². The Morgan fingerprint density at radius 1 is 0.968 bits per heavy atom. The molecule has 0 saturated carbocycles. The van der Waals surface area contributed by atoms with Gasteiger partial charge in [0.05, 0.1) is 7.05 Å². The molecule has 162 valence electrons. The SMILES string of the molecule is CNC(=O)c1ccc(C[NH+](C)CC(=O)c2cc(C)n(CCc3ccccc3)c2C)cc1. The number of carbonyl (C=O) groups is 2. The first-order valence-corrected chi connectivity index (χ1v) is 10.7. The average molecular weight is 419 g/mol. The van der Waals surface area contributed by atoms with Gasteiger partial charge in [-0.1, -0.05) is 42.5 Å². The Bertz CT molecular complexity index is 1040. The van der Waals surface area contributed by atoms with Gasteiger partial charge < -0.3 is 14.8 Å². The van der Waals surface area contributed by atoms with Crippen LogP contribution in [0.3, 0.4) is 0 Å². The average Bonchev–Trinajstić information content (AvgIpc) is 3.06. The Morgan fingerprint density at radius 3 is 2.29 bits per heavy atom. The number of hydrogen-bond acceptors (Lipinski definition) is 2. The van der Waals surface area contributed by atoms with Crippen molar-refractivity contribution in [3.8, 4) is 0 Å². The number of aryl methyl sites for hydroxylation is 2. The Balaban J connectivity index is 1.61. The second kappa shape index (κ2) is 10.2. The van der Waals surface area contributed by atoms with Gasteiger partial charge in [0.15, 0.2) is 0 Å². The van der Waals surface area contributed by atoms with Gasteiger partial charge in [0.25, 0.3) is 5.91 Å². The highest BCUT2D eigenvalue weighted by atomic mass is 16.1. The largest absolute Gasteiger partial charge is 0.355 e. The van der Waals surface area contributed by atoms with Crippen LogP contribution in [0, 0.1) is 13.8 Å². The first kappa shape index (κ1) is 22.5. The Hall–Kier alpha value is -3.18. The molecule has 2 N–H and O–H groups in total. The first-order valence-electron chi connectivity index (χ1n) is 10.7. The lowest BCUT2D eigenvalue weighted by Gasteiger charge is -2.14. The van der Waals surface area contributed by atoms with E-state index in [-0.39, 0.29) is 11.7 Å². The fraction of sp³-hybridized carbons (Fsp3) is 0.308. The van der Waals surface area contributed by atoms with Gasteiger partial charge in [-0.3, -0.25) is 9.59 Å². The van der Waals surface area contributed by atoms with E-state index in [1.165, 1.54) is 5.56 Å². The lowest BCUT2D eigenvalue weighted by Crippen LogP contribution is -3.08. The third-order valence-corrected chi connectivity index (χ3v) is 5.75. The molecule has 31 heavy (non-hydrogen) atoms. The van der Waals surface area contributed by atoms with Crippen LogP contribution in [0.1, 0.15) is 43.2 Å². The first-order chi connectivity index (χ1) is 14.9. The summed E-state index contributed by atoms with van der Waals surface area (Å²) in [5, 5.41) is 2.62. The highest BCUT2D eigenvalue weighted by Crippen LogP contribution is 2.16. The summed E-state index contributed by atoms with van der Waals surface area (Å²) in [5.41, 5.74) is 6.03. The predicted molar refractivity (Wildman–Crippen MR) is 124 cm³/mol. The predicted octanol–water partition coefficient (Wildman–Crippen LogP) is 2.60. The molecule has 3 aromatic rings. The minimum atomic E-state index is -0.0925. The number of quaternary nitrogens is 1. The molecule has 0 saturated heterocycles. The fourth-order valence-electron chi connectivity index (χ4n) is 4.01. The maximum atomic E-state index is 13.0. The summed E-state index contributed by atoms with van der Waals surface area (Å²) in [4.78, 5) is 25.8. The van der Waals surface area contributed by atoms with Gasteiger partial charge >= 0.3 is 0 Å². The third kappa shape index (κ3) is 5.70. The number of amides is 1. The number of aromatic nitrogens is 1. The van der Waals surface area contributed by atoms with Gasteiger partial charge in [0, 0.05) is 41.7 Å². The Labute approximate surface area is 184 Å². The lowest BCUT2D eigenvalue weighted by atomic mass is 10.1. The van der Waals surface area contributed by atoms with Crippen LogP contribution in [0.5, 0.6) is 0 Å². The van der Waals surface area contributed by atoms with Gasteiger partial charge in [-0.2, -0.15) is 0 Å². The molecule has 5 heteroatoms. The van der Waals surface area contributed by atoms with Crippen molar-refractivity contribution in [2.75, 3.05) is 20.6 Å². The molecule has 0 bridgehead atoms. The number of carbonyl (C=O) groups excluding carboxylic acids is 2. The summed E-state index contributed by atoms with van der Waals surface area (Å²) >= 11 is 0. The van der Waals surface area contributed by atoms with Crippen molar-refractivity contribution in [3.05, 3.63) is 94.3 Å². The summed E-state index contributed by atoms with van der Waals surface area (Å²) in [6, 6.07) is 20.0. The van der Waals surface area contributed by atoms with Crippen LogP contribution in [0.15, 0.2) is 60.7 Å². The molecule has 0 fully saturated rings. The van der Waals surface area contributed by atoms with Crippen molar-refractivity contribution in [1.29, 1.82) is 0 Å². The normalized spacial score (nSPS) is 11.9. The smallest absolute Gasteiger partial charge is 0.251 e. The van der Waals surface area contributed by atoms with Crippen LogP contribution < -0.4 is 10.2 Å². The van der Waals surface area contributed by atoms with Crippen molar-refractivity contribution in [3.63, 3.8) is 0 Å². The molecule has 1 amide bonds. The van der Waals surface area contributed by atoms with E-state index in [9.17, 15) is 9.59 Å².